The van der Waals surface area contributed by atoms with Crippen molar-refractivity contribution in [2.45, 2.75) is 51.5 Å². The van der Waals surface area contributed by atoms with Gasteiger partial charge < -0.3 is 15.1 Å². The maximum atomic E-state index is 5.39. The van der Waals surface area contributed by atoms with E-state index in [0.717, 1.165) is 56.7 Å². The van der Waals surface area contributed by atoms with Gasteiger partial charge in [0.1, 0.15) is 5.76 Å². The van der Waals surface area contributed by atoms with E-state index in [1.807, 2.05) is 23.0 Å². The molecule has 1 aliphatic carbocycles. The molecule has 0 aliphatic heterocycles. The Morgan fingerprint density at radius 3 is 2.88 bits per heavy atom. The van der Waals surface area contributed by atoms with Gasteiger partial charge in [-0.25, -0.2) is 0 Å². The second-order valence-electron chi connectivity index (χ2n) is 6.90. The fraction of sp³-hybridized carbons (Fsp3) is 0.632. The van der Waals surface area contributed by atoms with Crippen molar-refractivity contribution < 1.29 is 4.42 Å². The molecular formula is C19H30N6O. The normalized spacial score (nSPS) is 15.9. The van der Waals surface area contributed by atoms with E-state index in [2.05, 4.69) is 20.9 Å². The smallest absolute Gasteiger partial charge is 0.191 e. The van der Waals surface area contributed by atoms with Crippen LogP contribution in [0, 0.1) is 5.92 Å². The van der Waals surface area contributed by atoms with Crippen molar-refractivity contribution in [1.29, 1.82) is 0 Å². The summed E-state index contributed by atoms with van der Waals surface area (Å²) in [7, 11) is 0. The molecule has 142 valence electrons. The van der Waals surface area contributed by atoms with Gasteiger partial charge in [0, 0.05) is 38.8 Å². The molecule has 1 saturated carbocycles. The monoisotopic (exact) mass is 358 g/mol. The zero-order valence-corrected chi connectivity index (χ0v) is 15.4. The third kappa shape index (κ3) is 6.54. The zero-order valence-electron chi connectivity index (χ0n) is 15.4. The van der Waals surface area contributed by atoms with Crippen molar-refractivity contribution >= 4 is 5.96 Å². The number of nitrogens with one attached hydrogen (secondary N) is 2. The highest BCUT2D eigenvalue weighted by molar-refractivity contribution is 5.79. The van der Waals surface area contributed by atoms with Gasteiger partial charge in [-0.15, -0.1) is 5.10 Å². The summed E-state index contributed by atoms with van der Waals surface area (Å²) in [5, 5.41) is 14.7. The first kappa shape index (κ1) is 18.5. The maximum absolute atomic E-state index is 5.39. The summed E-state index contributed by atoms with van der Waals surface area (Å²) in [5.41, 5.74) is 0. The van der Waals surface area contributed by atoms with Gasteiger partial charge in [0.05, 0.1) is 12.5 Å². The third-order valence-electron chi connectivity index (χ3n) is 4.80. The van der Waals surface area contributed by atoms with Gasteiger partial charge in [-0.3, -0.25) is 9.67 Å². The summed E-state index contributed by atoms with van der Waals surface area (Å²) in [6, 6.07) is 3.93. The second-order valence-corrected chi connectivity index (χ2v) is 6.90. The van der Waals surface area contributed by atoms with Crippen LogP contribution in [-0.4, -0.2) is 40.6 Å². The van der Waals surface area contributed by atoms with Crippen LogP contribution < -0.4 is 10.6 Å². The lowest BCUT2D eigenvalue weighted by atomic mass is 9.89. The van der Waals surface area contributed by atoms with Gasteiger partial charge in [0.2, 0.25) is 0 Å². The number of furan rings is 1. The van der Waals surface area contributed by atoms with Gasteiger partial charge in [-0.2, -0.15) is 0 Å². The SMILES string of the molecule is c1coc(CCNC(=NCC2CCCCC2)NCCCn2ccnn2)c1. The van der Waals surface area contributed by atoms with Crippen LogP contribution in [0.25, 0.3) is 0 Å². The van der Waals surface area contributed by atoms with Crippen molar-refractivity contribution in [3.8, 4) is 0 Å². The van der Waals surface area contributed by atoms with Crippen molar-refractivity contribution in [3.63, 3.8) is 0 Å². The zero-order chi connectivity index (χ0) is 17.9. The number of aliphatic imine (C=N–C) groups is 1. The number of hydrogen-bond acceptors (Lipinski definition) is 4. The van der Waals surface area contributed by atoms with Gasteiger partial charge in [0.25, 0.3) is 0 Å². The predicted octanol–water partition coefficient (Wildman–Crippen LogP) is 2.62. The van der Waals surface area contributed by atoms with Gasteiger partial charge >= 0.3 is 0 Å². The summed E-state index contributed by atoms with van der Waals surface area (Å²) in [6.45, 7) is 3.44. The summed E-state index contributed by atoms with van der Waals surface area (Å²) in [6.07, 6.45) is 13.9. The Kier molecular flexibility index (Phi) is 7.56. The molecule has 2 heterocycles. The molecule has 7 nitrogen and oxygen atoms in total. The number of aromatic nitrogens is 3. The van der Waals surface area contributed by atoms with E-state index in [0.29, 0.717) is 0 Å². The van der Waals surface area contributed by atoms with Gasteiger partial charge in [0.15, 0.2) is 5.96 Å². The molecule has 0 spiro atoms. The molecule has 1 fully saturated rings. The van der Waals surface area contributed by atoms with Crippen LogP contribution in [0.5, 0.6) is 0 Å². The van der Waals surface area contributed by atoms with Crippen molar-refractivity contribution in [3.05, 3.63) is 36.5 Å². The Morgan fingerprint density at radius 2 is 2.12 bits per heavy atom. The summed E-state index contributed by atoms with van der Waals surface area (Å²) >= 11 is 0. The summed E-state index contributed by atoms with van der Waals surface area (Å²) in [5.74, 6) is 2.64. The van der Waals surface area contributed by atoms with E-state index in [1.54, 1.807) is 12.5 Å². The molecule has 0 saturated heterocycles. The molecule has 0 bridgehead atoms. The first-order chi connectivity index (χ1) is 12.9. The van der Waals surface area contributed by atoms with Crippen LogP contribution in [0.4, 0.5) is 0 Å². The van der Waals surface area contributed by atoms with Crippen LogP contribution in [0.1, 0.15) is 44.3 Å². The summed E-state index contributed by atoms with van der Waals surface area (Å²) in [4.78, 5) is 4.83. The Morgan fingerprint density at radius 1 is 1.23 bits per heavy atom. The molecule has 2 aromatic rings. The van der Waals surface area contributed by atoms with E-state index in [9.17, 15) is 0 Å². The fourth-order valence-electron chi connectivity index (χ4n) is 3.32. The number of guanidine groups is 1. The molecule has 0 amide bonds. The summed E-state index contributed by atoms with van der Waals surface area (Å²) < 4.78 is 7.25. The van der Waals surface area contributed by atoms with Crippen LogP contribution in [0.3, 0.4) is 0 Å². The average molecular weight is 358 g/mol. The molecule has 26 heavy (non-hydrogen) atoms. The largest absolute Gasteiger partial charge is 0.469 e. The first-order valence-electron chi connectivity index (χ1n) is 9.79. The minimum Gasteiger partial charge on any atom is -0.469 e. The lowest BCUT2D eigenvalue weighted by Gasteiger charge is -2.20. The number of hydrogen-bond donors (Lipinski definition) is 2. The first-order valence-corrected chi connectivity index (χ1v) is 9.79. The molecule has 3 rings (SSSR count). The van der Waals surface area contributed by atoms with Crippen LogP contribution in [0.2, 0.25) is 0 Å². The molecule has 0 aromatic carbocycles. The number of aryl methyl sites for hydroxylation is 1. The predicted molar refractivity (Wildman–Crippen MR) is 102 cm³/mol. The second kappa shape index (κ2) is 10.6. The molecule has 2 aromatic heterocycles. The minimum atomic E-state index is 0.738. The number of rotatable bonds is 9. The Labute approximate surface area is 155 Å². The average Bonchev–Trinajstić information content (AvgIpc) is 3.37. The van der Waals surface area contributed by atoms with Gasteiger partial charge in [-0.05, 0) is 37.3 Å². The van der Waals surface area contributed by atoms with E-state index in [4.69, 9.17) is 9.41 Å². The van der Waals surface area contributed by atoms with Crippen LogP contribution in [-0.2, 0) is 13.0 Å². The van der Waals surface area contributed by atoms with E-state index in [-0.39, 0.29) is 0 Å². The Hall–Kier alpha value is -2.31. The highest BCUT2D eigenvalue weighted by atomic mass is 16.3. The topological polar surface area (TPSA) is 80.3 Å². The Balaban J connectivity index is 1.42. The highest BCUT2D eigenvalue weighted by Crippen LogP contribution is 2.23. The van der Waals surface area contributed by atoms with Crippen LogP contribution in [0.15, 0.2) is 40.2 Å². The number of nitrogens with zero attached hydrogens (tertiary/aromatic N) is 4. The minimum absolute atomic E-state index is 0.738. The van der Waals surface area contributed by atoms with Crippen molar-refractivity contribution in [2.24, 2.45) is 10.9 Å². The standard InChI is InChI=1S/C19H30N6O/c1-2-6-17(7-3-1)16-22-19(21-11-9-18-8-4-15-26-18)20-10-5-13-25-14-12-23-24-25/h4,8,12,14-15,17H,1-3,5-7,9-11,13,16H2,(H2,20,21,22). The maximum Gasteiger partial charge on any atom is 0.191 e. The lowest BCUT2D eigenvalue weighted by Crippen LogP contribution is -2.39. The molecule has 0 atom stereocenters. The van der Waals surface area contributed by atoms with E-state index >= 15 is 0 Å². The molecule has 0 radical (unpaired) electrons. The van der Waals surface area contributed by atoms with E-state index in [1.165, 1.54) is 32.1 Å². The fourth-order valence-corrected chi connectivity index (χ4v) is 3.32. The Bertz CT molecular complexity index is 617. The van der Waals surface area contributed by atoms with Crippen LogP contribution >= 0.6 is 0 Å². The van der Waals surface area contributed by atoms with E-state index < -0.39 is 0 Å². The highest BCUT2D eigenvalue weighted by Gasteiger charge is 2.13. The quantitative estimate of drug-likeness (QED) is 0.409. The molecule has 0 unspecified atom stereocenters. The molecular weight excluding hydrogens is 328 g/mol. The van der Waals surface area contributed by atoms with Crippen molar-refractivity contribution in [1.82, 2.24) is 25.6 Å². The van der Waals surface area contributed by atoms with Crippen molar-refractivity contribution in [2.75, 3.05) is 19.6 Å². The molecule has 2 N–H and O–H groups in total. The lowest BCUT2D eigenvalue weighted by molar-refractivity contribution is 0.366. The van der Waals surface area contributed by atoms with Gasteiger partial charge in [-0.1, -0.05) is 24.5 Å². The molecule has 1 aliphatic rings. The molecule has 7 heteroatoms. The third-order valence-corrected chi connectivity index (χ3v) is 4.80.